The molecule has 5 nitrogen and oxygen atoms in total. The van der Waals surface area contributed by atoms with E-state index >= 15 is 0 Å². The van der Waals surface area contributed by atoms with Gasteiger partial charge >= 0.3 is 0 Å². The normalized spacial score (nSPS) is 18.5. The topological polar surface area (TPSA) is 50.8 Å². The Kier molecular flexibility index (Phi) is 5.91. The van der Waals surface area contributed by atoms with Crippen molar-refractivity contribution in [2.24, 2.45) is 0 Å². The second-order valence-corrected chi connectivity index (χ2v) is 7.24. The highest BCUT2D eigenvalue weighted by Gasteiger charge is 2.25. The molecule has 128 valence electrons. The molecule has 3 rings (SSSR count). The predicted octanol–water partition coefficient (Wildman–Crippen LogP) is 2.09. The number of rotatable bonds is 6. The average molecular weight is 338 g/mol. The molecule has 1 aromatic heterocycles. The van der Waals surface area contributed by atoms with E-state index in [1.165, 1.54) is 23.3 Å². The van der Waals surface area contributed by atoms with Gasteiger partial charge in [-0.1, -0.05) is 0 Å². The number of hydrogen-bond donors (Lipinski definition) is 1. The summed E-state index contributed by atoms with van der Waals surface area (Å²) in [6.45, 7) is 5.37. The predicted molar refractivity (Wildman–Crippen MR) is 91.7 cm³/mol. The van der Waals surface area contributed by atoms with Crippen molar-refractivity contribution in [3.8, 4) is 5.75 Å². The number of fused-ring (bicyclic) bond motifs is 1. The van der Waals surface area contributed by atoms with Crippen molar-refractivity contribution >= 4 is 17.2 Å². The summed E-state index contributed by atoms with van der Waals surface area (Å²) < 4.78 is 10.9. The minimum atomic E-state index is 0.0169. The molecule has 1 N–H and O–H groups in total. The number of amides is 1. The first kappa shape index (κ1) is 16.7. The Labute approximate surface area is 142 Å². The average Bonchev–Trinajstić information content (AvgIpc) is 2.98. The molecule has 1 aliphatic heterocycles. The van der Waals surface area contributed by atoms with Crippen molar-refractivity contribution in [1.29, 1.82) is 0 Å². The van der Waals surface area contributed by atoms with Crippen LogP contribution in [0.1, 0.15) is 39.4 Å². The fourth-order valence-corrected chi connectivity index (χ4v) is 4.59. The van der Waals surface area contributed by atoms with E-state index in [-0.39, 0.29) is 5.91 Å². The molecule has 1 saturated heterocycles. The Hall–Kier alpha value is -1.11. The van der Waals surface area contributed by atoms with E-state index in [1.54, 1.807) is 18.4 Å². The Balaban J connectivity index is 1.51. The van der Waals surface area contributed by atoms with Gasteiger partial charge in [-0.25, -0.2) is 0 Å². The summed E-state index contributed by atoms with van der Waals surface area (Å²) in [5, 5.41) is 3.06. The van der Waals surface area contributed by atoms with Gasteiger partial charge in [0.15, 0.2) is 0 Å². The monoisotopic (exact) mass is 338 g/mol. The molecule has 1 fully saturated rings. The van der Waals surface area contributed by atoms with Crippen molar-refractivity contribution in [2.75, 3.05) is 46.5 Å². The molecule has 0 spiro atoms. The molecule has 1 amide bonds. The number of carbonyl (C=O) groups is 1. The van der Waals surface area contributed by atoms with Gasteiger partial charge in [-0.2, -0.15) is 0 Å². The molecule has 2 heterocycles. The molecule has 1 aliphatic carbocycles. The third-order valence-electron chi connectivity index (χ3n) is 4.57. The highest BCUT2D eigenvalue weighted by atomic mass is 32.1. The quantitative estimate of drug-likeness (QED) is 0.807. The highest BCUT2D eigenvalue weighted by Crippen LogP contribution is 2.39. The molecule has 23 heavy (non-hydrogen) atoms. The van der Waals surface area contributed by atoms with Crippen LogP contribution in [0.2, 0.25) is 0 Å². The van der Waals surface area contributed by atoms with Gasteiger partial charge in [0.1, 0.15) is 10.6 Å². The summed E-state index contributed by atoms with van der Waals surface area (Å²) >= 11 is 1.62. The number of hydrogen-bond acceptors (Lipinski definition) is 5. The second-order valence-electron chi connectivity index (χ2n) is 6.14. The fraction of sp³-hybridized carbons (Fsp3) is 0.706. The van der Waals surface area contributed by atoms with Crippen LogP contribution < -0.4 is 10.1 Å². The summed E-state index contributed by atoms with van der Waals surface area (Å²) in [7, 11) is 1.67. The molecular formula is C17H26N2O3S. The molecule has 0 atom stereocenters. The Morgan fingerprint density at radius 3 is 2.87 bits per heavy atom. The van der Waals surface area contributed by atoms with Crippen LogP contribution in [0, 0.1) is 0 Å². The summed E-state index contributed by atoms with van der Waals surface area (Å²) in [5.41, 5.74) is 1.27. The molecule has 0 radical (unpaired) electrons. The van der Waals surface area contributed by atoms with Gasteiger partial charge in [-0.3, -0.25) is 9.69 Å². The summed E-state index contributed by atoms with van der Waals surface area (Å²) in [6, 6.07) is 0. The number of methoxy groups -OCH3 is 1. The molecule has 6 heteroatoms. The third kappa shape index (κ3) is 4.05. The Bertz CT molecular complexity index is 538. The number of nitrogens with zero attached hydrogens (tertiary/aromatic N) is 1. The maximum Gasteiger partial charge on any atom is 0.265 e. The van der Waals surface area contributed by atoms with Crippen molar-refractivity contribution in [3.63, 3.8) is 0 Å². The van der Waals surface area contributed by atoms with Crippen molar-refractivity contribution in [2.45, 2.75) is 32.1 Å². The molecule has 0 unspecified atom stereocenters. The zero-order chi connectivity index (χ0) is 16.1. The molecule has 1 aromatic rings. The molecule has 2 aliphatic rings. The zero-order valence-electron chi connectivity index (χ0n) is 13.9. The molecular weight excluding hydrogens is 312 g/mol. The maximum absolute atomic E-state index is 12.5. The van der Waals surface area contributed by atoms with Gasteiger partial charge in [-0.15, -0.1) is 11.3 Å². The summed E-state index contributed by atoms with van der Waals surface area (Å²) in [6.07, 6.45) is 5.51. The van der Waals surface area contributed by atoms with E-state index in [9.17, 15) is 4.79 Å². The van der Waals surface area contributed by atoms with Crippen LogP contribution in [-0.2, 0) is 17.6 Å². The lowest BCUT2D eigenvalue weighted by atomic mass is 9.98. The van der Waals surface area contributed by atoms with E-state index in [0.29, 0.717) is 6.54 Å². The summed E-state index contributed by atoms with van der Waals surface area (Å²) in [5.74, 6) is 0.832. The first-order valence-electron chi connectivity index (χ1n) is 8.56. The third-order valence-corrected chi connectivity index (χ3v) is 5.85. The lowest BCUT2D eigenvalue weighted by Gasteiger charge is -2.26. The zero-order valence-corrected chi connectivity index (χ0v) is 14.7. The van der Waals surface area contributed by atoms with Crippen LogP contribution in [0.3, 0.4) is 0 Å². The van der Waals surface area contributed by atoms with Gasteiger partial charge in [-0.05, 0) is 38.6 Å². The van der Waals surface area contributed by atoms with Gasteiger partial charge < -0.3 is 14.8 Å². The smallest absolute Gasteiger partial charge is 0.265 e. The van der Waals surface area contributed by atoms with Gasteiger partial charge in [0.2, 0.25) is 0 Å². The van der Waals surface area contributed by atoms with Crippen LogP contribution >= 0.6 is 11.3 Å². The number of carbonyl (C=O) groups excluding carboxylic acids is 1. The molecule has 0 aromatic carbocycles. The van der Waals surface area contributed by atoms with Gasteiger partial charge in [0.25, 0.3) is 5.91 Å². The van der Waals surface area contributed by atoms with Gasteiger partial charge in [0.05, 0.1) is 20.3 Å². The Morgan fingerprint density at radius 1 is 1.30 bits per heavy atom. The van der Waals surface area contributed by atoms with Crippen molar-refractivity contribution in [1.82, 2.24) is 10.2 Å². The largest absolute Gasteiger partial charge is 0.495 e. The Morgan fingerprint density at radius 2 is 2.09 bits per heavy atom. The second kappa shape index (κ2) is 8.13. The molecule has 0 bridgehead atoms. The van der Waals surface area contributed by atoms with E-state index in [2.05, 4.69) is 10.2 Å². The maximum atomic E-state index is 12.5. The minimum Gasteiger partial charge on any atom is -0.495 e. The fourth-order valence-electron chi connectivity index (χ4n) is 3.31. The van der Waals surface area contributed by atoms with Crippen molar-refractivity contribution < 1.29 is 14.3 Å². The molecule has 0 saturated carbocycles. The van der Waals surface area contributed by atoms with Crippen molar-refractivity contribution in [3.05, 3.63) is 15.3 Å². The van der Waals surface area contributed by atoms with Crippen LogP contribution in [-0.4, -0.2) is 57.3 Å². The lowest BCUT2D eigenvalue weighted by Crippen LogP contribution is -2.38. The number of nitrogens with one attached hydrogen (secondary N) is 1. The lowest BCUT2D eigenvalue weighted by molar-refractivity contribution is 0.0374. The number of ether oxygens (including phenoxy) is 2. The van der Waals surface area contributed by atoms with Crippen LogP contribution in [0.4, 0.5) is 0 Å². The first-order valence-corrected chi connectivity index (χ1v) is 9.38. The summed E-state index contributed by atoms with van der Waals surface area (Å²) in [4.78, 5) is 17.0. The first-order chi connectivity index (χ1) is 11.3. The van der Waals surface area contributed by atoms with Crippen LogP contribution in [0.25, 0.3) is 0 Å². The minimum absolute atomic E-state index is 0.0169. The van der Waals surface area contributed by atoms with Crippen LogP contribution in [0.15, 0.2) is 0 Å². The number of morpholine rings is 1. The SMILES string of the molecule is COc1c(C(=O)NCCCN2CCOCC2)sc2c1CCCC2. The van der Waals surface area contributed by atoms with Gasteiger partial charge in [0, 0.05) is 30.1 Å². The highest BCUT2D eigenvalue weighted by molar-refractivity contribution is 7.14. The van der Waals surface area contributed by atoms with E-state index < -0.39 is 0 Å². The number of thiophene rings is 1. The van der Waals surface area contributed by atoms with E-state index in [0.717, 1.165) is 62.7 Å². The number of aryl methyl sites for hydroxylation is 1. The van der Waals surface area contributed by atoms with E-state index in [1.807, 2.05) is 0 Å². The van der Waals surface area contributed by atoms with E-state index in [4.69, 9.17) is 9.47 Å². The standard InChI is InChI=1S/C17H26N2O3S/c1-21-15-13-5-2-3-6-14(13)23-16(15)17(20)18-7-4-8-19-9-11-22-12-10-19/h2-12H2,1H3,(H,18,20). The van der Waals surface area contributed by atoms with Crippen LogP contribution in [0.5, 0.6) is 5.75 Å².